The molecular formula is C22H22F2N4O3. The molecule has 31 heavy (non-hydrogen) atoms. The van der Waals surface area contributed by atoms with Gasteiger partial charge in [0.2, 0.25) is 5.89 Å². The largest absolute Gasteiger partial charge is 0.497 e. The molecule has 162 valence electrons. The van der Waals surface area contributed by atoms with Gasteiger partial charge in [-0.05, 0) is 36.5 Å². The van der Waals surface area contributed by atoms with Gasteiger partial charge in [0.25, 0.3) is 0 Å². The summed E-state index contributed by atoms with van der Waals surface area (Å²) in [6.45, 7) is 0.169. The number of aliphatic hydroxyl groups is 1. The van der Waals surface area contributed by atoms with Gasteiger partial charge < -0.3 is 19.6 Å². The molecule has 7 nitrogen and oxygen atoms in total. The van der Waals surface area contributed by atoms with Crippen molar-refractivity contribution in [1.82, 2.24) is 15.5 Å². The number of hydrogen-bond acceptors (Lipinski definition) is 7. The van der Waals surface area contributed by atoms with Crippen LogP contribution in [0.15, 0.2) is 40.8 Å². The maximum atomic E-state index is 14.6. The second-order valence-corrected chi connectivity index (χ2v) is 7.94. The molecule has 1 aliphatic heterocycles. The number of ether oxygens (including phenoxy) is 1. The zero-order valence-electron chi connectivity index (χ0n) is 16.8. The molecule has 0 radical (unpaired) electrons. The highest BCUT2D eigenvalue weighted by Crippen LogP contribution is 2.40. The third-order valence-corrected chi connectivity index (χ3v) is 5.90. The monoisotopic (exact) mass is 428 g/mol. The van der Waals surface area contributed by atoms with Gasteiger partial charge in [-0.15, -0.1) is 5.10 Å². The molecule has 1 saturated carbocycles. The molecule has 3 N–H and O–H groups in total. The lowest BCUT2D eigenvalue weighted by Crippen LogP contribution is -2.37. The fourth-order valence-corrected chi connectivity index (χ4v) is 4.07. The minimum atomic E-state index is -1.06. The van der Waals surface area contributed by atoms with Crippen LogP contribution in [0.1, 0.15) is 35.8 Å². The number of nitrogens with zero attached hydrogens (tertiary/aromatic N) is 2. The number of aromatic nitrogens is 2. The molecule has 0 amide bonds. The Morgan fingerprint density at radius 1 is 1.13 bits per heavy atom. The number of halogens is 2. The van der Waals surface area contributed by atoms with Gasteiger partial charge in [0.05, 0.1) is 13.2 Å². The predicted octanol–water partition coefficient (Wildman–Crippen LogP) is 3.39. The van der Waals surface area contributed by atoms with Gasteiger partial charge >= 0.3 is 6.01 Å². The highest BCUT2D eigenvalue weighted by Gasteiger charge is 2.40. The molecule has 2 aliphatic rings. The standard InChI is InChI=1S/C22H22F2N4O3/c1-30-14-8-16(23)18(17(24)9-14)15-10-25-20(29)19(15)26-22-28-27-21(31-22)13-6-4-12(5-7-13)11-2-3-11/h4-9,11,15,19-20,25,29H,2-3,10H2,1H3,(H,26,28)/t15-,19-,20?/m0/s1. The van der Waals surface area contributed by atoms with Crippen LogP contribution >= 0.6 is 0 Å². The van der Waals surface area contributed by atoms with Crippen molar-refractivity contribution in [2.75, 3.05) is 19.0 Å². The average Bonchev–Trinajstić information content (AvgIpc) is 3.42. The highest BCUT2D eigenvalue weighted by atomic mass is 19.1. The van der Waals surface area contributed by atoms with Crippen molar-refractivity contribution in [1.29, 1.82) is 0 Å². The van der Waals surface area contributed by atoms with E-state index < -0.39 is 29.8 Å². The Labute approximate surface area is 177 Å². The summed E-state index contributed by atoms with van der Waals surface area (Å²) in [7, 11) is 1.34. The first-order chi connectivity index (χ1) is 15.0. The van der Waals surface area contributed by atoms with Gasteiger partial charge in [0, 0.05) is 35.7 Å². The molecular weight excluding hydrogens is 406 g/mol. The second kappa shape index (κ2) is 7.90. The van der Waals surface area contributed by atoms with Crippen LogP contribution in [-0.2, 0) is 0 Å². The quantitative estimate of drug-likeness (QED) is 0.554. The third-order valence-electron chi connectivity index (χ3n) is 5.90. The fraction of sp³-hybridized carbons (Fsp3) is 0.364. The molecule has 3 atom stereocenters. The van der Waals surface area contributed by atoms with Gasteiger partial charge in [-0.2, -0.15) is 0 Å². The van der Waals surface area contributed by atoms with Crippen molar-refractivity contribution < 1.29 is 23.0 Å². The lowest BCUT2D eigenvalue weighted by atomic mass is 9.92. The van der Waals surface area contributed by atoms with E-state index in [2.05, 4.69) is 33.0 Å². The fourth-order valence-electron chi connectivity index (χ4n) is 4.07. The summed E-state index contributed by atoms with van der Waals surface area (Å²) in [5.74, 6) is -1.12. The summed E-state index contributed by atoms with van der Waals surface area (Å²) in [6.07, 6.45) is 1.39. The van der Waals surface area contributed by atoms with Crippen LogP contribution in [0.4, 0.5) is 14.8 Å². The summed E-state index contributed by atoms with van der Waals surface area (Å²) < 4.78 is 39.8. The number of nitrogens with one attached hydrogen (secondary N) is 2. The van der Waals surface area contributed by atoms with Crippen LogP contribution in [0.3, 0.4) is 0 Å². The normalized spacial score (nSPS) is 23.2. The maximum absolute atomic E-state index is 14.6. The molecule has 1 aliphatic carbocycles. The Morgan fingerprint density at radius 2 is 1.84 bits per heavy atom. The van der Waals surface area contributed by atoms with E-state index in [-0.39, 0.29) is 23.9 Å². The van der Waals surface area contributed by atoms with Crippen molar-refractivity contribution in [2.45, 2.75) is 36.9 Å². The first-order valence-electron chi connectivity index (χ1n) is 10.2. The Bertz CT molecular complexity index is 1060. The van der Waals surface area contributed by atoms with Gasteiger partial charge in [-0.3, -0.25) is 5.32 Å². The molecule has 5 rings (SSSR count). The van der Waals surface area contributed by atoms with Crippen LogP contribution in [0, 0.1) is 11.6 Å². The maximum Gasteiger partial charge on any atom is 0.316 e. The number of aliphatic hydroxyl groups excluding tert-OH is 1. The molecule has 2 fully saturated rings. The molecule has 1 unspecified atom stereocenters. The Balaban J connectivity index is 1.36. The van der Waals surface area contributed by atoms with Gasteiger partial charge in [0.15, 0.2) is 0 Å². The third kappa shape index (κ3) is 3.86. The smallest absolute Gasteiger partial charge is 0.316 e. The average molecular weight is 428 g/mol. The molecule has 1 saturated heterocycles. The molecule has 2 heterocycles. The molecule has 0 spiro atoms. The van der Waals surface area contributed by atoms with Crippen molar-refractivity contribution in [3.05, 3.63) is 59.2 Å². The van der Waals surface area contributed by atoms with Crippen LogP contribution in [0.2, 0.25) is 0 Å². The summed E-state index contributed by atoms with van der Waals surface area (Å²) in [4.78, 5) is 0. The number of anilines is 1. The van der Waals surface area contributed by atoms with E-state index in [1.807, 2.05) is 12.1 Å². The number of benzene rings is 2. The van der Waals surface area contributed by atoms with E-state index in [9.17, 15) is 13.9 Å². The lowest BCUT2D eigenvalue weighted by Gasteiger charge is -2.22. The lowest BCUT2D eigenvalue weighted by molar-refractivity contribution is 0.146. The minimum Gasteiger partial charge on any atom is -0.497 e. The van der Waals surface area contributed by atoms with E-state index in [0.717, 1.165) is 17.7 Å². The van der Waals surface area contributed by atoms with Crippen LogP contribution in [0.5, 0.6) is 5.75 Å². The summed E-state index contributed by atoms with van der Waals surface area (Å²) in [5, 5.41) is 24.1. The highest BCUT2D eigenvalue weighted by molar-refractivity contribution is 5.54. The Kier molecular flexibility index (Phi) is 5.07. The molecule has 3 aromatic rings. The van der Waals surface area contributed by atoms with Gasteiger partial charge in [-0.25, -0.2) is 8.78 Å². The zero-order valence-corrected chi connectivity index (χ0v) is 16.8. The van der Waals surface area contributed by atoms with Crippen LogP contribution in [0.25, 0.3) is 11.5 Å². The van der Waals surface area contributed by atoms with Crippen LogP contribution in [-0.4, -0.2) is 41.2 Å². The van der Waals surface area contributed by atoms with E-state index in [1.165, 1.54) is 25.5 Å². The summed E-state index contributed by atoms with van der Waals surface area (Å²) in [5.41, 5.74) is 1.93. The Morgan fingerprint density at radius 3 is 2.48 bits per heavy atom. The zero-order chi connectivity index (χ0) is 21.5. The summed E-state index contributed by atoms with van der Waals surface area (Å²) >= 11 is 0. The number of hydrogen-bond donors (Lipinski definition) is 3. The second-order valence-electron chi connectivity index (χ2n) is 7.94. The molecule has 0 bridgehead atoms. The van der Waals surface area contributed by atoms with Crippen molar-refractivity contribution in [3.63, 3.8) is 0 Å². The predicted molar refractivity (Wildman–Crippen MR) is 109 cm³/mol. The SMILES string of the molecule is COc1cc(F)c([C@@H]2CNC(O)[C@H]2Nc2nnc(-c3ccc(C4CC4)cc3)o2)c(F)c1. The van der Waals surface area contributed by atoms with E-state index in [0.29, 0.717) is 11.8 Å². The Hall–Kier alpha value is -3.04. The first-order valence-corrected chi connectivity index (χ1v) is 10.2. The summed E-state index contributed by atoms with van der Waals surface area (Å²) in [6, 6.07) is 9.51. The van der Waals surface area contributed by atoms with Gasteiger partial charge in [0.1, 0.15) is 23.6 Å². The topological polar surface area (TPSA) is 92.4 Å². The molecule has 1 aromatic heterocycles. The van der Waals surface area contributed by atoms with E-state index >= 15 is 0 Å². The van der Waals surface area contributed by atoms with E-state index in [1.54, 1.807) is 0 Å². The van der Waals surface area contributed by atoms with Crippen molar-refractivity contribution in [3.8, 4) is 17.2 Å². The molecule has 9 heteroatoms. The van der Waals surface area contributed by atoms with Crippen molar-refractivity contribution in [2.24, 2.45) is 0 Å². The number of rotatable bonds is 6. The van der Waals surface area contributed by atoms with Crippen LogP contribution < -0.4 is 15.4 Å². The number of methoxy groups -OCH3 is 1. The van der Waals surface area contributed by atoms with Crippen molar-refractivity contribution >= 4 is 6.01 Å². The van der Waals surface area contributed by atoms with Gasteiger partial charge in [-0.1, -0.05) is 17.2 Å². The molecule has 2 aromatic carbocycles. The first kappa shape index (κ1) is 19.9. The van der Waals surface area contributed by atoms with E-state index in [4.69, 9.17) is 9.15 Å². The minimum absolute atomic E-state index is 0.0633.